The van der Waals surface area contributed by atoms with Crippen molar-refractivity contribution in [2.45, 2.75) is 18.9 Å². The fourth-order valence-electron chi connectivity index (χ4n) is 2.19. The molecule has 0 aliphatic carbocycles. The molecule has 2 heterocycles. The monoisotopic (exact) mass is 202 g/mol. The molecule has 1 unspecified atom stereocenters. The van der Waals surface area contributed by atoms with Crippen LogP contribution in [0.1, 0.15) is 23.7 Å². The SMILES string of the molecule is c1ccc(C2CCc3csc[n+]32)cc1. The first kappa shape index (κ1) is 8.18. The predicted octanol–water partition coefficient (Wildman–Crippen LogP) is 2.57. The molecule has 1 aromatic carbocycles. The first-order chi connectivity index (χ1) is 6.95. The second kappa shape index (κ2) is 3.21. The standard InChI is InChI=1S/C12H12NS/c1-2-4-10(5-3-1)12-7-6-11-8-14-9-13(11)12/h1-5,8-9,12H,6-7H2/q+1. The third kappa shape index (κ3) is 1.18. The minimum atomic E-state index is 0.581. The highest BCUT2D eigenvalue weighted by Crippen LogP contribution is 2.25. The van der Waals surface area contributed by atoms with E-state index < -0.39 is 0 Å². The molecule has 14 heavy (non-hydrogen) atoms. The highest BCUT2D eigenvalue weighted by Gasteiger charge is 2.31. The number of benzene rings is 1. The number of hydrogen-bond donors (Lipinski definition) is 0. The van der Waals surface area contributed by atoms with Gasteiger partial charge in [-0.15, -0.1) is 0 Å². The second-order valence-corrected chi connectivity index (χ2v) is 4.44. The van der Waals surface area contributed by atoms with Crippen LogP contribution in [-0.4, -0.2) is 0 Å². The lowest BCUT2D eigenvalue weighted by Crippen LogP contribution is -2.35. The van der Waals surface area contributed by atoms with Crippen molar-refractivity contribution in [1.82, 2.24) is 0 Å². The van der Waals surface area contributed by atoms with E-state index in [0.29, 0.717) is 6.04 Å². The van der Waals surface area contributed by atoms with E-state index in [1.165, 1.54) is 24.1 Å². The molecular formula is C12H12NS+. The molecule has 0 bridgehead atoms. The van der Waals surface area contributed by atoms with Crippen molar-refractivity contribution >= 4 is 11.3 Å². The third-order valence-corrected chi connectivity index (χ3v) is 3.66. The van der Waals surface area contributed by atoms with E-state index in [9.17, 15) is 0 Å². The first-order valence-corrected chi connectivity index (χ1v) is 5.90. The minimum absolute atomic E-state index is 0.581. The van der Waals surface area contributed by atoms with Crippen LogP contribution < -0.4 is 4.57 Å². The van der Waals surface area contributed by atoms with Gasteiger partial charge in [0, 0.05) is 18.4 Å². The molecule has 70 valence electrons. The van der Waals surface area contributed by atoms with Gasteiger partial charge in [0.25, 0.3) is 0 Å². The van der Waals surface area contributed by atoms with Gasteiger partial charge in [-0.3, -0.25) is 0 Å². The topological polar surface area (TPSA) is 3.88 Å². The average Bonchev–Trinajstić information content (AvgIpc) is 2.79. The Morgan fingerprint density at radius 1 is 1.21 bits per heavy atom. The highest BCUT2D eigenvalue weighted by molar-refractivity contribution is 7.07. The number of rotatable bonds is 1. The number of thiazole rings is 1. The van der Waals surface area contributed by atoms with Crippen LogP contribution in [0.25, 0.3) is 0 Å². The van der Waals surface area contributed by atoms with Crippen molar-refractivity contribution < 1.29 is 4.57 Å². The molecule has 1 nitrogen and oxygen atoms in total. The van der Waals surface area contributed by atoms with Gasteiger partial charge in [-0.2, -0.15) is 4.57 Å². The highest BCUT2D eigenvalue weighted by atomic mass is 32.1. The maximum Gasteiger partial charge on any atom is 0.225 e. The summed E-state index contributed by atoms with van der Waals surface area (Å²) in [5, 5.41) is 2.27. The zero-order valence-electron chi connectivity index (χ0n) is 7.89. The molecule has 0 radical (unpaired) electrons. The molecule has 1 aliphatic rings. The first-order valence-electron chi connectivity index (χ1n) is 4.96. The number of aromatic nitrogens is 1. The molecule has 1 aromatic heterocycles. The number of fused-ring (bicyclic) bond motifs is 1. The fourth-order valence-corrected chi connectivity index (χ4v) is 3.06. The average molecular weight is 202 g/mol. The van der Waals surface area contributed by atoms with Gasteiger partial charge in [0.05, 0.1) is 5.38 Å². The second-order valence-electron chi connectivity index (χ2n) is 3.72. The molecule has 0 N–H and O–H groups in total. The van der Waals surface area contributed by atoms with Gasteiger partial charge in [-0.25, -0.2) is 0 Å². The summed E-state index contributed by atoms with van der Waals surface area (Å²) in [6.45, 7) is 0. The number of aryl methyl sites for hydroxylation is 1. The Morgan fingerprint density at radius 2 is 2.07 bits per heavy atom. The summed E-state index contributed by atoms with van der Waals surface area (Å²) in [6.07, 6.45) is 2.48. The molecular weight excluding hydrogens is 190 g/mol. The van der Waals surface area contributed by atoms with Crippen LogP contribution in [0.3, 0.4) is 0 Å². The predicted molar refractivity (Wildman–Crippen MR) is 57.4 cm³/mol. The lowest BCUT2D eigenvalue weighted by Gasteiger charge is -2.03. The van der Waals surface area contributed by atoms with Gasteiger partial charge in [0.1, 0.15) is 0 Å². The Balaban J connectivity index is 2.03. The van der Waals surface area contributed by atoms with Gasteiger partial charge in [-0.1, -0.05) is 41.7 Å². The lowest BCUT2D eigenvalue weighted by atomic mass is 10.1. The molecule has 1 aliphatic heterocycles. The molecule has 0 amide bonds. The van der Waals surface area contributed by atoms with Crippen molar-refractivity contribution in [3.8, 4) is 0 Å². The van der Waals surface area contributed by atoms with Crippen LogP contribution in [0.4, 0.5) is 0 Å². The van der Waals surface area contributed by atoms with Crippen molar-refractivity contribution in [3.63, 3.8) is 0 Å². The van der Waals surface area contributed by atoms with Gasteiger partial charge >= 0.3 is 0 Å². The smallest absolute Gasteiger partial charge is 0.186 e. The Hall–Kier alpha value is -1.15. The molecule has 1 atom stereocenters. The zero-order valence-corrected chi connectivity index (χ0v) is 8.70. The third-order valence-electron chi connectivity index (χ3n) is 2.90. The van der Waals surface area contributed by atoms with Crippen molar-refractivity contribution in [1.29, 1.82) is 0 Å². The summed E-state index contributed by atoms with van der Waals surface area (Å²) in [4.78, 5) is 0. The summed E-state index contributed by atoms with van der Waals surface area (Å²) in [5.74, 6) is 0. The normalized spacial score (nSPS) is 19.6. The summed E-state index contributed by atoms with van der Waals surface area (Å²) in [7, 11) is 0. The van der Waals surface area contributed by atoms with Crippen molar-refractivity contribution in [3.05, 3.63) is 52.5 Å². The molecule has 0 spiro atoms. The quantitative estimate of drug-likeness (QED) is 0.626. The zero-order chi connectivity index (χ0) is 9.38. The van der Waals surface area contributed by atoms with E-state index in [-0.39, 0.29) is 0 Å². The van der Waals surface area contributed by atoms with E-state index in [4.69, 9.17) is 0 Å². The maximum absolute atomic E-state index is 2.42. The summed E-state index contributed by atoms with van der Waals surface area (Å²) < 4.78 is 2.42. The molecule has 0 saturated heterocycles. The van der Waals surface area contributed by atoms with Crippen LogP contribution >= 0.6 is 11.3 Å². The van der Waals surface area contributed by atoms with Gasteiger partial charge in [-0.05, 0) is 0 Å². The van der Waals surface area contributed by atoms with Crippen LogP contribution in [0.5, 0.6) is 0 Å². The minimum Gasteiger partial charge on any atom is -0.186 e. The fraction of sp³-hybridized carbons (Fsp3) is 0.250. The summed E-state index contributed by atoms with van der Waals surface area (Å²) in [6, 6.07) is 11.4. The van der Waals surface area contributed by atoms with E-state index >= 15 is 0 Å². The summed E-state index contributed by atoms with van der Waals surface area (Å²) >= 11 is 1.80. The van der Waals surface area contributed by atoms with Gasteiger partial charge in [0.15, 0.2) is 11.7 Å². The Labute approximate surface area is 87.6 Å². The van der Waals surface area contributed by atoms with Crippen LogP contribution in [0, 0.1) is 0 Å². The molecule has 0 saturated carbocycles. The van der Waals surface area contributed by atoms with E-state index in [1.54, 1.807) is 11.3 Å². The molecule has 3 rings (SSSR count). The molecule has 2 heteroatoms. The Morgan fingerprint density at radius 3 is 2.93 bits per heavy atom. The Bertz CT molecular complexity index is 433. The van der Waals surface area contributed by atoms with Crippen LogP contribution in [0.2, 0.25) is 0 Å². The van der Waals surface area contributed by atoms with Crippen LogP contribution in [-0.2, 0) is 6.42 Å². The van der Waals surface area contributed by atoms with Crippen LogP contribution in [0.15, 0.2) is 41.2 Å². The van der Waals surface area contributed by atoms with Crippen molar-refractivity contribution in [2.75, 3.05) is 0 Å². The lowest BCUT2D eigenvalue weighted by molar-refractivity contribution is -0.702. The largest absolute Gasteiger partial charge is 0.225 e. The van der Waals surface area contributed by atoms with E-state index in [0.717, 1.165) is 0 Å². The Kier molecular flexibility index (Phi) is 1.88. The number of hydrogen-bond acceptors (Lipinski definition) is 1. The molecule has 2 aromatic rings. The summed E-state index contributed by atoms with van der Waals surface area (Å²) in [5.41, 5.74) is 5.17. The molecule has 0 fully saturated rings. The van der Waals surface area contributed by atoms with E-state index in [1.807, 2.05) is 0 Å². The van der Waals surface area contributed by atoms with Crippen molar-refractivity contribution in [2.24, 2.45) is 0 Å². The maximum atomic E-state index is 2.42. The van der Waals surface area contributed by atoms with E-state index in [2.05, 4.69) is 45.8 Å². The number of nitrogens with zero attached hydrogens (tertiary/aromatic N) is 1. The van der Waals surface area contributed by atoms with Gasteiger partial charge in [0.2, 0.25) is 5.51 Å². The van der Waals surface area contributed by atoms with Gasteiger partial charge < -0.3 is 0 Å².